The number of amides is 3. The summed E-state index contributed by atoms with van der Waals surface area (Å²) in [6.07, 6.45) is 1.11. The average Bonchev–Trinajstić information content (AvgIpc) is 3.91. The molecule has 14 nitrogen and oxygen atoms in total. The lowest BCUT2D eigenvalue weighted by atomic mass is 9.82. The minimum Gasteiger partial charge on any atom is -0.497 e. The van der Waals surface area contributed by atoms with E-state index in [1.807, 2.05) is 90.7 Å². The maximum atomic E-state index is 15.6. The van der Waals surface area contributed by atoms with Crippen molar-refractivity contribution in [2.75, 3.05) is 48.2 Å². The number of piperidine rings is 1. The van der Waals surface area contributed by atoms with Gasteiger partial charge in [0.2, 0.25) is 5.91 Å². The number of hydrogen-bond acceptors (Lipinski definition) is 10. The van der Waals surface area contributed by atoms with Crippen LogP contribution in [0.4, 0.5) is 22.7 Å². The minimum atomic E-state index is -2.69. The van der Waals surface area contributed by atoms with Gasteiger partial charge in [-0.2, -0.15) is 0 Å². The molecule has 3 saturated heterocycles. The van der Waals surface area contributed by atoms with Crippen molar-refractivity contribution in [2.45, 2.75) is 87.6 Å². The van der Waals surface area contributed by atoms with Crippen LogP contribution in [0.1, 0.15) is 48.4 Å². The fourth-order valence-electron chi connectivity index (χ4n) is 12.2. The molecule has 0 unspecified atom stereocenters. The first-order valence-electron chi connectivity index (χ1n) is 23.7. The van der Waals surface area contributed by atoms with Crippen molar-refractivity contribution in [3.63, 3.8) is 0 Å². The highest BCUT2D eigenvalue weighted by Gasteiger charge is 2.67. The highest BCUT2D eigenvalue weighted by molar-refractivity contribution is 6.91. The van der Waals surface area contributed by atoms with Gasteiger partial charge in [-0.1, -0.05) is 91.9 Å². The zero-order chi connectivity index (χ0) is 47.5. The van der Waals surface area contributed by atoms with Gasteiger partial charge in [-0.05, 0) is 97.0 Å². The smallest absolute Gasteiger partial charge is 0.269 e. The summed E-state index contributed by atoms with van der Waals surface area (Å²) in [5.41, 5.74) is 2.83. The van der Waals surface area contributed by atoms with Crippen LogP contribution in [0, 0.1) is 16.0 Å². The Morgan fingerprint density at radius 3 is 2.26 bits per heavy atom. The van der Waals surface area contributed by atoms with Gasteiger partial charge in [-0.15, -0.1) is 0 Å². The Labute approximate surface area is 397 Å². The number of nitrogens with one attached hydrogen (secondary N) is 1. The molecule has 0 radical (unpaired) electrons. The Bertz CT molecular complexity index is 2750. The fraction of sp³-hybridized carbons (Fsp3) is 0.377. The number of nitro benzene ring substituents is 1. The van der Waals surface area contributed by atoms with Crippen LogP contribution in [0.3, 0.4) is 0 Å². The standard InChI is InChI=1S/C53H58N6O8Si/c1-35-49(68(3,4)44-21-19-43(66-2)20-22-44)47(30-48(61)55-32-38-11-9-8-10-37(38)28-42(55)33-60)67-53(35)45-29-41(59(64)65)18-23-46(45)56(51(53)63)31-36-14-16-39(17-15-36)57-34-58(40-12-6-5-7-13-40)52(50(57)62)24-26-54-27-25-52/h5-23,29,35,42,47,49,54,60H,24-28,30-34H2,1-4H3/t35-,42+,47+,49-,53+/m1/s1. The molecule has 5 aliphatic heterocycles. The molecule has 5 aromatic carbocycles. The molecule has 5 aromatic rings. The first-order valence-corrected chi connectivity index (χ1v) is 26.7. The second-order valence-electron chi connectivity index (χ2n) is 19.6. The molecule has 3 fully saturated rings. The summed E-state index contributed by atoms with van der Waals surface area (Å²) in [4.78, 5) is 64.3. The van der Waals surface area contributed by atoms with Crippen LogP contribution < -0.4 is 29.9 Å². The van der Waals surface area contributed by atoms with E-state index in [-0.39, 0.29) is 48.5 Å². The predicted octanol–water partition coefficient (Wildman–Crippen LogP) is 6.64. The molecule has 10 rings (SSSR count). The van der Waals surface area contributed by atoms with E-state index in [0.717, 1.165) is 46.3 Å². The lowest BCUT2D eigenvalue weighted by molar-refractivity contribution is -0.385. The molecule has 0 aromatic heterocycles. The SMILES string of the molecule is COc1ccc([Si](C)(C)[C@H]2[C@H](CC(=O)N3Cc4ccccc4C[C@H]3CO)O[C@@]3(C(=O)N(Cc4ccc(N5CN(c6ccccc6)C6(CCNCC6)C5=O)cc4)c4ccc([N+](=O)[O-])cc43)[C@@H]2C)cc1. The van der Waals surface area contributed by atoms with Crippen molar-refractivity contribution in [1.82, 2.24) is 10.2 Å². The number of methoxy groups -OCH3 is 1. The molecule has 2 N–H and O–H groups in total. The van der Waals surface area contributed by atoms with E-state index in [1.165, 1.54) is 12.1 Å². The third-order valence-corrected chi connectivity index (χ3v) is 20.2. The summed E-state index contributed by atoms with van der Waals surface area (Å²) in [6, 6.07) is 37.8. The molecule has 68 heavy (non-hydrogen) atoms. The number of aliphatic hydroxyl groups is 1. The van der Waals surface area contributed by atoms with Gasteiger partial charge in [0.15, 0.2) is 5.60 Å². The summed E-state index contributed by atoms with van der Waals surface area (Å²) in [5.74, 6) is -0.272. The van der Waals surface area contributed by atoms with Crippen molar-refractivity contribution in [1.29, 1.82) is 0 Å². The summed E-state index contributed by atoms with van der Waals surface area (Å²) in [7, 11) is -1.07. The number of aliphatic hydroxyl groups excluding tert-OH is 1. The first kappa shape index (κ1) is 45.4. The summed E-state index contributed by atoms with van der Waals surface area (Å²) >= 11 is 0. The summed E-state index contributed by atoms with van der Waals surface area (Å²) < 4.78 is 12.8. The normalized spacial score (nSPS) is 24.2. The Morgan fingerprint density at radius 2 is 1.59 bits per heavy atom. The number of rotatable bonds is 11. The highest BCUT2D eigenvalue weighted by atomic mass is 28.3. The molecular formula is C53H58N6O8Si. The van der Waals surface area contributed by atoms with E-state index >= 15 is 4.79 Å². The molecule has 5 atom stereocenters. The number of carbonyl (C=O) groups excluding carboxylic acids is 3. The van der Waals surface area contributed by atoms with E-state index in [0.29, 0.717) is 49.5 Å². The van der Waals surface area contributed by atoms with Crippen molar-refractivity contribution in [2.24, 2.45) is 5.92 Å². The van der Waals surface area contributed by atoms with Crippen molar-refractivity contribution < 1.29 is 33.9 Å². The minimum absolute atomic E-state index is 0.0459. The quantitative estimate of drug-likeness (QED) is 0.0837. The molecule has 0 aliphatic carbocycles. The van der Waals surface area contributed by atoms with Gasteiger partial charge in [0.25, 0.3) is 17.5 Å². The third kappa shape index (κ3) is 7.38. The van der Waals surface area contributed by atoms with Gasteiger partial charge in [0.05, 0.1) is 64.2 Å². The van der Waals surface area contributed by atoms with E-state index in [4.69, 9.17) is 9.47 Å². The molecule has 5 heterocycles. The van der Waals surface area contributed by atoms with Gasteiger partial charge in [-0.3, -0.25) is 29.4 Å². The Balaban J connectivity index is 0.992. The number of para-hydroxylation sites is 1. The lowest BCUT2D eigenvalue weighted by Crippen LogP contribution is -2.55. The van der Waals surface area contributed by atoms with Crippen LogP contribution in [0.5, 0.6) is 5.75 Å². The molecular weight excluding hydrogens is 877 g/mol. The molecule has 5 aliphatic rings. The molecule has 15 heteroatoms. The van der Waals surface area contributed by atoms with Crippen LogP contribution in [0.25, 0.3) is 0 Å². The largest absolute Gasteiger partial charge is 0.497 e. The lowest BCUT2D eigenvalue weighted by Gasteiger charge is -2.39. The third-order valence-electron chi connectivity index (χ3n) is 15.8. The molecule has 352 valence electrons. The zero-order valence-electron chi connectivity index (χ0n) is 39.0. The summed E-state index contributed by atoms with van der Waals surface area (Å²) in [5, 5.41) is 27.5. The molecule has 0 bridgehead atoms. The van der Waals surface area contributed by atoms with Crippen LogP contribution in [-0.4, -0.2) is 91.9 Å². The first-order chi connectivity index (χ1) is 32.8. The Hall–Kier alpha value is -6.39. The number of nitro groups is 1. The van der Waals surface area contributed by atoms with Crippen molar-refractivity contribution in [3.05, 3.63) is 154 Å². The summed E-state index contributed by atoms with van der Waals surface area (Å²) in [6.45, 7) is 8.64. The van der Waals surface area contributed by atoms with E-state index in [1.54, 1.807) is 23.0 Å². The van der Waals surface area contributed by atoms with E-state index in [2.05, 4.69) is 47.6 Å². The fourth-order valence-corrected chi connectivity index (χ4v) is 16.2. The average molecular weight is 935 g/mol. The Morgan fingerprint density at radius 1 is 0.897 bits per heavy atom. The number of fused-ring (bicyclic) bond motifs is 3. The number of ether oxygens (including phenoxy) is 2. The number of anilines is 3. The van der Waals surface area contributed by atoms with Crippen LogP contribution >= 0.6 is 0 Å². The number of nitrogens with zero attached hydrogens (tertiary/aromatic N) is 5. The number of non-ortho nitro benzene ring substituents is 1. The molecule has 0 saturated carbocycles. The maximum absolute atomic E-state index is 15.6. The van der Waals surface area contributed by atoms with Crippen molar-refractivity contribution >= 4 is 53.7 Å². The topological polar surface area (TPSA) is 158 Å². The molecule has 2 spiro atoms. The van der Waals surface area contributed by atoms with Crippen LogP contribution in [-0.2, 0) is 44.2 Å². The van der Waals surface area contributed by atoms with Gasteiger partial charge in [0, 0.05) is 41.5 Å². The van der Waals surface area contributed by atoms with Crippen LogP contribution in [0.2, 0.25) is 18.6 Å². The number of hydrogen-bond donors (Lipinski definition) is 2. The van der Waals surface area contributed by atoms with Crippen LogP contribution in [0.15, 0.2) is 121 Å². The highest BCUT2D eigenvalue weighted by Crippen LogP contribution is 2.60. The van der Waals surface area contributed by atoms with E-state index in [9.17, 15) is 24.8 Å². The second-order valence-corrected chi connectivity index (χ2v) is 24.3. The Kier molecular flexibility index (Phi) is 11.7. The monoisotopic (exact) mass is 934 g/mol. The maximum Gasteiger partial charge on any atom is 0.269 e. The molecule has 3 amide bonds. The van der Waals surface area contributed by atoms with Gasteiger partial charge >= 0.3 is 0 Å². The van der Waals surface area contributed by atoms with Gasteiger partial charge in [-0.25, -0.2) is 0 Å². The number of benzene rings is 5. The predicted molar refractivity (Wildman–Crippen MR) is 263 cm³/mol. The van der Waals surface area contributed by atoms with Gasteiger partial charge in [0.1, 0.15) is 11.3 Å². The van der Waals surface area contributed by atoms with Gasteiger partial charge < -0.3 is 34.6 Å². The van der Waals surface area contributed by atoms with Crippen molar-refractivity contribution in [3.8, 4) is 5.75 Å². The zero-order valence-corrected chi connectivity index (χ0v) is 40.0. The number of carbonyl (C=O) groups is 3. The van der Waals surface area contributed by atoms with E-state index < -0.39 is 42.2 Å². The second kappa shape index (κ2) is 17.6.